The van der Waals surface area contributed by atoms with Crippen LogP contribution in [0.4, 0.5) is 0 Å². The highest BCUT2D eigenvalue weighted by Crippen LogP contribution is 2.23. The highest BCUT2D eigenvalue weighted by molar-refractivity contribution is 6.32. The van der Waals surface area contributed by atoms with Gasteiger partial charge in [-0.05, 0) is 12.1 Å². The lowest BCUT2D eigenvalue weighted by molar-refractivity contribution is 0.906. The van der Waals surface area contributed by atoms with Crippen molar-refractivity contribution >= 4 is 22.6 Å². The molecule has 0 fully saturated rings. The molecule has 0 unspecified atom stereocenters. The minimum Gasteiger partial charge on any atom is -0.312 e. The maximum atomic E-state index is 11.6. The van der Waals surface area contributed by atoms with Gasteiger partial charge in [-0.2, -0.15) is 5.26 Å². The number of aromatic amines is 1. The van der Waals surface area contributed by atoms with Gasteiger partial charge in [0.25, 0.3) is 5.56 Å². The zero-order valence-electron chi connectivity index (χ0n) is 10.2. The highest BCUT2D eigenvalue weighted by atomic mass is 35.5. The van der Waals surface area contributed by atoms with Crippen molar-refractivity contribution in [2.45, 2.75) is 6.42 Å². The van der Waals surface area contributed by atoms with Gasteiger partial charge < -0.3 is 4.98 Å². The van der Waals surface area contributed by atoms with Crippen molar-refractivity contribution in [1.29, 1.82) is 5.26 Å². The van der Waals surface area contributed by atoms with E-state index in [0.717, 1.165) is 11.0 Å². The van der Waals surface area contributed by atoms with E-state index in [4.69, 9.17) is 16.9 Å². The normalized spacial score (nSPS) is 10.6. The van der Waals surface area contributed by atoms with Gasteiger partial charge in [0.15, 0.2) is 5.82 Å². The Labute approximate surface area is 118 Å². The first-order chi connectivity index (χ1) is 9.72. The molecule has 98 valence electrons. The molecule has 6 nitrogen and oxygen atoms in total. The molecule has 2 heterocycles. The molecule has 2 aromatic heterocycles. The zero-order valence-corrected chi connectivity index (χ0v) is 10.9. The number of H-pyrrole nitrogens is 1. The first-order valence-corrected chi connectivity index (χ1v) is 6.17. The summed E-state index contributed by atoms with van der Waals surface area (Å²) in [6, 6.07) is 9.41. The van der Waals surface area contributed by atoms with Crippen molar-refractivity contribution in [1.82, 2.24) is 19.5 Å². The fourth-order valence-electron chi connectivity index (χ4n) is 2.03. The molecule has 0 atom stereocenters. The minimum atomic E-state index is -0.433. The molecular weight excluding hydrogens is 278 g/mol. The van der Waals surface area contributed by atoms with Crippen molar-refractivity contribution in [3.8, 4) is 11.9 Å². The van der Waals surface area contributed by atoms with Gasteiger partial charge in [-0.1, -0.05) is 23.7 Å². The molecule has 0 aliphatic carbocycles. The van der Waals surface area contributed by atoms with Crippen LogP contribution < -0.4 is 5.56 Å². The largest absolute Gasteiger partial charge is 0.312 e. The van der Waals surface area contributed by atoms with E-state index < -0.39 is 5.56 Å². The predicted octanol–water partition coefficient (Wildman–Crippen LogP) is 1.83. The Balaban J connectivity index is 2.40. The van der Waals surface area contributed by atoms with Gasteiger partial charge in [0, 0.05) is 0 Å². The van der Waals surface area contributed by atoms with Gasteiger partial charge in [0.05, 0.1) is 29.9 Å². The molecule has 0 saturated heterocycles. The minimum absolute atomic E-state index is 0.0326. The van der Waals surface area contributed by atoms with Crippen molar-refractivity contribution in [3.63, 3.8) is 0 Å². The molecule has 0 aliphatic rings. The number of nitriles is 1. The summed E-state index contributed by atoms with van der Waals surface area (Å²) in [5.41, 5.74) is 1.03. The fourth-order valence-corrected chi connectivity index (χ4v) is 2.22. The number of imidazole rings is 1. The number of nitrogens with zero attached hydrogens (tertiary/aromatic N) is 4. The molecule has 3 aromatic rings. The molecule has 1 N–H and O–H groups in total. The number of fused-ring (bicyclic) bond motifs is 1. The first-order valence-electron chi connectivity index (χ1n) is 5.79. The van der Waals surface area contributed by atoms with E-state index in [1.165, 1.54) is 6.33 Å². The average molecular weight is 286 g/mol. The van der Waals surface area contributed by atoms with Crippen LogP contribution in [0.2, 0.25) is 5.02 Å². The predicted molar refractivity (Wildman–Crippen MR) is 73.8 cm³/mol. The number of hydrogen-bond donors (Lipinski definition) is 1. The number of aromatic nitrogens is 4. The lowest BCUT2D eigenvalue weighted by Crippen LogP contribution is -2.13. The summed E-state index contributed by atoms with van der Waals surface area (Å²) in [6.45, 7) is 0. The lowest BCUT2D eigenvalue weighted by atomic mass is 10.3. The molecule has 0 amide bonds. The number of nitrogens with one attached hydrogen (secondary N) is 1. The van der Waals surface area contributed by atoms with Crippen LogP contribution in [0.5, 0.6) is 0 Å². The van der Waals surface area contributed by atoms with Crippen LogP contribution in [0.15, 0.2) is 35.4 Å². The van der Waals surface area contributed by atoms with Crippen LogP contribution in [-0.4, -0.2) is 19.5 Å². The second kappa shape index (κ2) is 4.79. The van der Waals surface area contributed by atoms with Crippen molar-refractivity contribution in [2.75, 3.05) is 0 Å². The number of para-hydroxylation sites is 2. The van der Waals surface area contributed by atoms with Crippen LogP contribution in [-0.2, 0) is 6.42 Å². The van der Waals surface area contributed by atoms with E-state index in [9.17, 15) is 4.79 Å². The number of halogens is 1. The standard InChI is InChI=1S/C13H8ClN5O/c14-11-12(16-7-17-13(11)20)19-9-4-2-1-3-8(9)18-10(19)5-6-15/h1-4,7H,5H2,(H,16,17,20). The zero-order chi connectivity index (χ0) is 14.1. The van der Waals surface area contributed by atoms with E-state index in [-0.39, 0.29) is 17.3 Å². The average Bonchev–Trinajstić information content (AvgIpc) is 2.80. The second-order valence-electron chi connectivity index (χ2n) is 4.06. The quantitative estimate of drug-likeness (QED) is 0.778. The summed E-state index contributed by atoms with van der Waals surface area (Å²) < 4.78 is 1.64. The SMILES string of the molecule is N#CCc1nc2ccccc2n1-c1nc[nH]c(=O)c1Cl. The summed E-state index contributed by atoms with van der Waals surface area (Å²) >= 11 is 6.02. The molecule has 1 aromatic carbocycles. The van der Waals surface area contributed by atoms with Crippen molar-refractivity contribution in [2.24, 2.45) is 0 Å². The van der Waals surface area contributed by atoms with Gasteiger partial charge in [0.1, 0.15) is 10.8 Å². The van der Waals surface area contributed by atoms with Gasteiger partial charge in [-0.15, -0.1) is 0 Å². The van der Waals surface area contributed by atoms with Crippen LogP contribution in [0, 0.1) is 11.3 Å². The van der Waals surface area contributed by atoms with E-state index in [1.54, 1.807) is 4.57 Å². The second-order valence-corrected chi connectivity index (χ2v) is 4.43. The fraction of sp³-hybridized carbons (Fsp3) is 0.0769. The molecular formula is C13H8ClN5O. The first kappa shape index (κ1) is 12.4. The number of hydrogen-bond acceptors (Lipinski definition) is 4. The Bertz CT molecular complexity index is 890. The van der Waals surface area contributed by atoms with Gasteiger partial charge in [-0.25, -0.2) is 9.97 Å². The molecule has 20 heavy (non-hydrogen) atoms. The number of rotatable bonds is 2. The van der Waals surface area contributed by atoms with Crippen molar-refractivity contribution in [3.05, 3.63) is 51.8 Å². The third kappa shape index (κ3) is 1.85. The van der Waals surface area contributed by atoms with Crippen LogP contribution in [0.1, 0.15) is 5.82 Å². The van der Waals surface area contributed by atoms with E-state index >= 15 is 0 Å². The molecule has 3 rings (SSSR count). The Morgan fingerprint density at radius 3 is 3.00 bits per heavy atom. The highest BCUT2D eigenvalue weighted by Gasteiger charge is 2.16. The molecule has 0 aliphatic heterocycles. The smallest absolute Gasteiger partial charge is 0.271 e. The van der Waals surface area contributed by atoms with Crippen LogP contribution in [0.25, 0.3) is 16.9 Å². The maximum Gasteiger partial charge on any atom is 0.271 e. The Hall–Kier alpha value is -2.65. The molecule has 7 heteroatoms. The topological polar surface area (TPSA) is 87.4 Å². The summed E-state index contributed by atoms with van der Waals surface area (Å²) in [6.07, 6.45) is 1.37. The summed E-state index contributed by atoms with van der Waals surface area (Å²) in [5.74, 6) is 0.767. The van der Waals surface area contributed by atoms with E-state index in [2.05, 4.69) is 15.0 Å². The molecule has 0 saturated carbocycles. The summed E-state index contributed by atoms with van der Waals surface area (Å²) in [4.78, 5) is 22.5. The monoisotopic (exact) mass is 285 g/mol. The molecule has 0 spiro atoms. The maximum absolute atomic E-state index is 11.6. The van der Waals surface area contributed by atoms with Gasteiger partial charge in [0.2, 0.25) is 0 Å². The van der Waals surface area contributed by atoms with E-state index in [0.29, 0.717) is 5.82 Å². The van der Waals surface area contributed by atoms with Crippen LogP contribution >= 0.6 is 11.6 Å². The molecule has 0 radical (unpaired) electrons. The Morgan fingerprint density at radius 1 is 1.40 bits per heavy atom. The van der Waals surface area contributed by atoms with Crippen LogP contribution in [0.3, 0.4) is 0 Å². The summed E-state index contributed by atoms with van der Waals surface area (Å²) in [5, 5.41) is 8.88. The third-order valence-electron chi connectivity index (χ3n) is 2.86. The Morgan fingerprint density at radius 2 is 2.20 bits per heavy atom. The number of benzene rings is 1. The lowest BCUT2D eigenvalue weighted by Gasteiger charge is -2.07. The van der Waals surface area contributed by atoms with E-state index in [1.807, 2.05) is 30.3 Å². The van der Waals surface area contributed by atoms with Gasteiger partial charge in [-0.3, -0.25) is 9.36 Å². The third-order valence-corrected chi connectivity index (χ3v) is 3.20. The van der Waals surface area contributed by atoms with Gasteiger partial charge >= 0.3 is 0 Å². The Kier molecular flexibility index (Phi) is 2.97. The van der Waals surface area contributed by atoms with Crippen molar-refractivity contribution < 1.29 is 0 Å². The molecule has 0 bridgehead atoms. The summed E-state index contributed by atoms with van der Waals surface area (Å²) in [7, 11) is 0.